The van der Waals surface area contributed by atoms with E-state index in [-0.39, 0.29) is 18.1 Å². The molecule has 8 nitrogen and oxygen atoms in total. The minimum Gasteiger partial charge on any atom is -0.497 e. The van der Waals surface area contributed by atoms with Gasteiger partial charge in [-0.1, -0.05) is 11.8 Å². The molecule has 2 rings (SSSR count). The third kappa shape index (κ3) is 4.72. The third-order valence-electron chi connectivity index (χ3n) is 3.15. The molecule has 0 atom stereocenters. The number of nitrogens with one attached hydrogen (secondary N) is 1. The van der Waals surface area contributed by atoms with E-state index in [1.54, 1.807) is 35.9 Å². The summed E-state index contributed by atoms with van der Waals surface area (Å²) in [6.45, 7) is 2.52. The van der Waals surface area contributed by atoms with Gasteiger partial charge in [-0.2, -0.15) is 0 Å². The van der Waals surface area contributed by atoms with Crippen molar-refractivity contribution in [2.75, 3.05) is 18.2 Å². The first kappa shape index (κ1) is 17.8. The van der Waals surface area contributed by atoms with E-state index in [4.69, 9.17) is 10.5 Å². The second-order valence-corrected chi connectivity index (χ2v) is 5.79. The molecule has 2 amide bonds. The highest BCUT2D eigenvalue weighted by molar-refractivity contribution is 7.99. The van der Waals surface area contributed by atoms with E-state index in [2.05, 4.69) is 15.5 Å². The van der Waals surface area contributed by atoms with Crippen LogP contribution in [0.4, 0.5) is 5.69 Å². The van der Waals surface area contributed by atoms with Gasteiger partial charge in [0.2, 0.25) is 11.8 Å². The van der Waals surface area contributed by atoms with Crippen LogP contribution >= 0.6 is 11.8 Å². The first-order valence-electron chi connectivity index (χ1n) is 7.30. The summed E-state index contributed by atoms with van der Waals surface area (Å²) in [5, 5.41) is 11.4. The van der Waals surface area contributed by atoms with Crippen LogP contribution < -0.4 is 15.8 Å². The number of anilines is 1. The molecule has 0 bridgehead atoms. The van der Waals surface area contributed by atoms with Crippen LogP contribution in [0.15, 0.2) is 29.4 Å². The average molecular weight is 349 g/mol. The highest BCUT2D eigenvalue weighted by Gasteiger charge is 2.15. The number of nitrogens with two attached hydrogens (primary N) is 1. The summed E-state index contributed by atoms with van der Waals surface area (Å²) in [5.74, 6) is 0.749. The molecule has 0 unspecified atom stereocenters. The summed E-state index contributed by atoms with van der Waals surface area (Å²) < 4.78 is 6.87. The standard InChI is InChI=1S/C15H19N5O3S/c1-3-20-13(18-19-15(20)24-9-12(16)21)8-14(22)17-10-4-6-11(23-2)7-5-10/h4-7H,3,8-9H2,1-2H3,(H2,16,21)(H,17,22). The minimum atomic E-state index is -0.426. The van der Waals surface area contributed by atoms with E-state index in [0.29, 0.717) is 23.2 Å². The Morgan fingerprint density at radius 3 is 2.58 bits per heavy atom. The first-order chi connectivity index (χ1) is 11.5. The van der Waals surface area contributed by atoms with E-state index in [0.717, 1.165) is 5.75 Å². The van der Waals surface area contributed by atoms with Crippen LogP contribution in [-0.4, -0.2) is 39.4 Å². The zero-order valence-electron chi connectivity index (χ0n) is 13.5. The Hall–Kier alpha value is -2.55. The van der Waals surface area contributed by atoms with E-state index in [9.17, 15) is 9.59 Å². The number of carbonyl (C=O) groups is 2. The molecule has 0 saturated carbocycles. The fourth-order valence-electron chi connectivity index (χ4n) is 2.03. The summed E-state index contributed by atoms with van der Waals surface area (Å²) in [6.07, 6.45) is 0.0873. The van der Waals surface area contributed by atoms with Crippen LogP contribution in [-0.2, 0) is 22.6 Å². The maximum Gasteiger partial charge on any atom is 0.232 e. The number of thioether (sulfide) groups is 1. The van der Waals surface area contributed by atoms with Crippen molar-refractivity contribution in [3.63, 3.8) is 0 Å². The normalized spacial score (nSPS) is 10.4. The second kappa shape index (κ2) is 8.34. The van der Waals surface area contributed by atoms with Gasteiger partial charge < -0.3 is 20.4 Å². The van der Waals surface area contributed by atoms with Gasteiger partial charge in [-0.3, -0.25) is 9.59 Å². The summed E-state index contributed by atoms with van der Waals surface area (Å²) in [7, 11) is 1.58. The minimum absolute atomic E-state index is 0.0873. The molecule has 24 heavy (non-hydrogen) atoms. The van der Waals surface area contributed by atoms with Crippen LogP contribution in [0.2, 0.25) is 0 Å². The van der Waals surface area contributed by atoms with Crippen molar-refractivity contribution in [2.45, 2.75) is 25.0 Å². The predicted octanol–water partition coefficient (Wildman–Crippen LogP) is 1.07. The molecular weight excluding hydrogens is 330 g/mol. The number of nitrogens with zero attached hydrogens (tertiary/aromatic N) is 3. The van der Waals surface area contributed by atoms with Crippen molar-refractivity contribution < 1.29 is 14.3 Å². The summed E-state index contributed by atoms with van der Waals surface area (Å²) >= 11 is 1.20. The van der Waals surface area contributed by atoms with Gasteiger partial charge in [0, 0.05) is 12.2 Å². The van der Waals surface area contributed by atoms with Gasteiger partial charge in [-0.25, -0.2) is 0 Å². The number of benzene rings is 1. The van der Waals surface area contributed by atoms with Crippen molar-refractivity contribution >= 4 is 29.3 Å². The molecule has 0 aliphatic carbocycles. The van der Waals surface area contributed by atoms with Crippen molar-refractivity contribution in [1.29, 1.82) is 0 Å². The fourth-order valence-corrected chi connectivity index (χ4v) is 2.79. The van der Waals surface area contributed by atoms with Crippen molar-refractivity contribution in [3.05, 3.63) is 30.1 Å². The number of methoxy groups -OCH3 is 1. The van der Waals surface area contributed by atoms with E-state index >= 15 is 0 Å². The molecule has 2 aromatic rings. The molecule has 128 valence electrons. The molecule has 0 fully saturated rings. The van der Waals surface area contributed by atoms with Crippen LogP contribution in [0, 0.1) is 0 Å². The Morgan fingerprint density at radius 1 is 1.29 bits per heavy atom. The molecular formula is C15H19N5O3S. The lowest BCUT2D eigenvalue weighted by atomic mass is 10.3. The van der Waals surface area contributed by atoms with Gasteiger partial charge in [0.25, 0.3) is 0 Å². The van der Waals surface area contributed by atoms with Crippen molar-refractivity contribution in [3.8, 4) is 5.75 Å². The molecule has 0 aliphatic rings. The summed E-state index contributed by atoms with van der Waals surface area (Å²) in [6, 6.07) is 7.05. The lowest BCUT2D eigenvalue weighted by Crippen LogP contribution is -2.18. The van der Waals surface area contributed by atoms with Gasteiger partial charge >= 0.3 is 0 Å². The van der Waals surface area contributed by atoms with Crippen molar-refractivity contribution in [2.24, 2.45) is 5.73 Å². The van der Waals surface area contributed by atoms with Gasteiger partial charge in [-0.05, 0) is 31.2 Å². The molecule has 1 heterocycles. The molecule has 9 heteroatoms. The Labute approximate surface area is 143 Å². The third-order valence-corrected chi connectivity index (χ3v) is 4.13. The average Bonchev–Trinajstić information content (AvgIpc) is 2.95. The Morgan fingerprint density at radius 2 is 2.00 bits per heavy atom. The first-order valence-corrected chi connectivity index (χ1v) is 8.29. The number of carbonyl (C=O) groups excluding carboxylic acids is 2. The predicted molar refractivity (Wildman–Crippen MR) is 90.9 cm³/mol. The molecule has 0 spiro atoms. The fraction of sp³-hybridized carbons (Fsp3) is 0.333. The largest absolute Gasteiger partial charge is 0.497 e. The Kier molecular flexibility index (Phi) is 6.19. The highest BCUT2D eigenvalue weighted by atomic mass is 32.2. The number of hydrogen-bond donors (Lipinski definition) is 2. The van der Waals surface area contributed by atoms with Crippen LogP contribution in [0.5, 0.6) is 5.75 Å². The smallest absolute Gasteiger partial charge is 0.232 e. The van der Waals surface area contributed by atoms with Crippen LogP contribution in [0.1, 0.15) is 12.7 Å². The van der Waals surface area contributed by atoms with E-state index < -0.39 is 5.91 Å². The molecule has 1 aromatic carbocycles. The maximum absolute atomic E-state index is 12.2. The van der Waals surface area contributed by atoms with Crippen molar-refractivity contribution in [1.82, 2.24) is 14.8 Å². The number of primary amides is 1. The zero-order chi connectivity index (χ0) is 17.5. The quantitative estimate of drug-likeness (QED) is 0.689. The molecule has 0 saturated heterocycles. The number of ether oxygens (including phenoxy) is 1. The lowest BCUT2D eigenvalue weighted by molar-refractivity contribution is -0.116. The van der Waals surface area contributed by atoms with Crippen LogP contribution in [0.25, 0.3) is 0 Å². The van der Waals surface area contributed by atoms with Gasteiger partial charge in [0.15, 0.2) is 5.16 Å². The maximum atomic E-state index is 12.2. The Bertz CT molecular complexity index is 714. The van der Waals surface area contributed by atoms with Gasteiger partial charge in [-0.15, -0.1) is 10.2 Å². The number of amides is 2. The van der Waals surface area contributed by atoms with E-state index in [1.807, 2.05) is 6.92 Å². The van der Waals surface area contributed by atoms with E-state index in [1.165, 1.54) is 11.8 Å². The molecule has 3 N–H and O–H groups in total. The second-order valence-electron chi connectivity index (χ2n) is 4.85. The summed E-state index contributed by atoms with van der Waals surface area (Å²) in [4.78, 5) is 23.1. The van der Waals surface area contributed by atoms with Gasteiger partial charge in [0.05, 0.1) is 19.3 Å². The number of rotatable bonds is 8. The highest BCUT2D eigenvalue weighted by Crippen LogP contribution is 2.18. The van der Waals surface area contributed by atoms with Crippen LogP contribution in [0.3, 0.4) is 0 Å². The lowest BCUT2D eigenvalue weighted by Gasteiger charge is -2.08. The summed E-state index contributed by atoms with van der Waals surface area (Å²) in [5.41, 5.74) is 5.81. The number of aromatic nitrogens is 3. The SMILES string of the molecule is CCn1c(CC(=O)Nc2ccc(OC)cc2)nnc1SCC(N)=O. The molecule has 1 aromatic heterocycles. The zero-order valence-corrected chi connectivity index (χ0v) is 14.3. The topological polar surface area (TPSA) is 112 Å². The molecule has 0 radical (unpaired) electrons. The molecule has 0 aliphatic heterocycles. The Balaban J connectivity index is 2.01. The van der Waals surface area contributed by atoms with Gasteiger partial charge in [0.1, 0.15) is 11.6 Å². The monoisotopic (exact) mass is 349 g/mol. The number of hydrogen-bond acceptors (Lipinski definition) is 6.